The van der Waals surface area contributed by atoms with Crippen molar-refractivity contribution in [1.29, 1.82) is 0 Å². The van der Waals surface area contributed by atoms with E-state index in [1.54, 1.807) is 38.1 Å². The summed E-state index contributed by atoms with van der Waals surface area (Å²) < 4.78 is 11.3. The van der Waals surface area contributed by atoms with Crippen LogP contribution in [0.4, 0.5) is 0 Å². The van der Waals surface area contributed by atoms with Gasteiger partial charge in [-0.25, -0.2) is 0 Å². The third-order valence-corrected chi connectivity index (χ3v) is 4.39. The van der Waals surface area contributed by atoms with E-state index >= 15 is 0 Å². The molecule has 0 radical (unpaired) electrons. The Morgan fingerprint density at radius 2 is 2.04 bits per heavy atom. The van der Waals surface area contributed by atoms with Crippen molar-refractivity contribution < 1.29 is 19.1 Å². The van der Waals surface area contributed by atoms with Gasteiger partial charge in [-0.05, 0) is 43.9 Å². The van der Waals surface area contributed by atoms with Gasteiger partial charge in [-0.3, -0.25) is 9.59 Å². The molecular weight excluding hydrogens is 320 g/mol. The normalized spacial score (nSPS) is 18.4. The SMILES string of the molecule is CNC(=O)c1ccc(CN(C)C(=O)[C@H](C)OC[C@@H]2CCCCO2)cc1. The standard InChI is InChI=1S/C19H28N2O4/c1-14(25-13-17-6-4-5-11-24-17)19(23)21(3)12-15-7-9-16(10-8-15)18(22)20-2/h7-10,14,17H,4-6,11-13H2,1-3H3,(H,20,22)/t14-,17-/m0/s1. The lowest BCUT2D eigenvalue weighted by Gasteiger charge is -2.26. The Hall–Kier alpha value is -1.92. The second-order valence-corrected chi connectivity index (χ2v) is 6.43. The second-order valence-electron chi connectivity index (χ2n) is 6.43. The van der Waals surface area contributed by atoms with Gasteiger partial charge in [-0.15, -0.1) is 0 Å². The molecule has 138 valence electrons. The second kappa shape index (κ2) is 9.53. The zero-order valence-electron chi connectivity index (χ0n) is 15.3. The van der Waals surface area contributed by atoms with Gasteiger partial charge in [0.05, 0.1) is 12.7 Å². The number of amides is 2. The van der Waals surface area contributed by atoms with Crippen LogP contribution in [0.2, 0.25) is 0 Å². The molecule has 1 heterocycles. The summed E-state index contributed by atoms with van der Waals surface area (Å²) in [5, 5.41) is 2.59. The van der Waals surface area contributed by atoms with Crippen LogP contribution in [0.25, 0.3) is 0 Å². The number of carbonyl (C=O) groups excluding carboxylic acids is 2. The van der Waals surface area contributed by atoms with Gasteiger partial charge in [0.15, 0.2) is 0 Å². The number of hydrogen-bond acceptors (Lipinski definition) is 4. The van der Waals surface area contributed by atoms with E-state index in [0.29, 0.717) is 18.7 Å². The minimum Gasteiger partial charge on any atom is -0.376 e. The van der Waals surface area contributed by atoms with Gasteiger partial charge in [0.1, 0.15) is 6.10 Å². The minimum absolute atomic E-state index is 0.0637. The zero-order valence-corrected chi connectivity index (χ0v) is 15.3. The predicted molar refractivity (Wildman–Crippen MR) is 95.3 cm³/mol. The quantitative estimate of drug-likeness (QED) is 0.818. The molecule has 6 nitrogen and oxygen atoms in total. The first kappa shape index (κ1) is 19.4. The van der Waals surface area contributed by atoms with Crippen molar-refractivity contribution in [3.63, 3.8) is 0 Å². The van der Waals surface area contributed by atoms with E-state index in [1.807, 2.05) is 12.1 Å². The first-order valence-electron chi connectivity index (χ1n) is 8.80. The van der Waals surface area contributed by atoms with Crippen molar-refractivity contribution in [3.8, 4) is 0 Å². The number of nitrogens with one attached hydrogen (secondary N) is 1. The molecule has 1 N–H and O–H groups in total. The van der Waals surface area contributed by atoms with Gasteiger partial charge in [0.2, 0.25) is 0 Å². The van der Waals surface area contributed by atoms with Crippen molar-refractivity contribution >= 4 is 11.8 Å². The van der Waals surface area contributed by atoms with Crippen LogP contribution < -0.4 is 5.32 Å². The number of nitrogens with zero attached hydrogens (tertiary/aromatic N) is 1. The maximum absolute atomic E-state index is 12.4. The molecule has 2 amide bonds. The number of carbonyl (C=O) groups is 2. The molecule has 0 spiro atoms. The van der Waals surface area contributed by atoms with Gasteiger partial charge in [0, 0.05) is 32.8 Å². The lowest BCUT2D eigenvalue weighted by atomic mass is 10.1. The van der Waals surface area contributed by atoms with E-state index in [2.05, 4.69) is 5.32 Å². The van der Waals surface area contributed by atoms with Crippen LogP contribution in [-0.4, -0.2) is 56.2 Å². The summed E-state index contributed by atoms with van der Waals surface area (Å²) in [5.74, 6) is -0.186. The van der Waals surface area contributed by atoms with E-state index in [9.17, 15) is 9.59 Å². The topological polar surface area (TPSA) is 67.9 Å². The van der Waals surface area contributed by atoms with Gasteiger partial charge in [-0.1, -0.05) is 12.1 Å². The summed E-state index contributed by atoms with van der Waals surface area (Å²) in [6.45, 7) is 3.49. The summed E-state index contributed by atoms with van der Waals surface area (Å²) in [4.78, 5) is 25.6. The van der Waals surface area contributed by atoms with Gasteiger partial charge in [-0.2, -0.15) is 0 Å². The highest BCUT2D eigenvalue weighted by atomic mass is 16.5. The Bertz CT molecular complexity index is 567. The Labute approximate surface area is 149 Å². The molecule has 2 rings (SSSR count). The number of likely N-dealkylation sites (N-methyl/N-ethyl adjacent to an activating group) is 1. The van der Waals surface area contributed by atoms with E-state index in [-0.39, 0.29) is 17.9 Å². The first-order valence-corrected chi connectivity index (χ1v) is 8.80. The maximum atomic E-state index is 12.4. The van der Waals surface area contributed by atoms with Crippen LogP contribution in [0.1, 0.15) is 42.1 Å². The lowest BCUT2D eigenvalue weighted by Crippen LogP contribution is -2.37. The van der Waals surface area contributed by atoms with E-state index in [4.69, 9.17) is 9.47 Å². The number of benzene rings is 1. The zero-order chi connectivity index (χ0) is 18.2. The van der Waals surface area contributed by atoms with Crippen LogP contribution in [-0.2, 0) is 20.8 Å². The highest BCUT2D eigenvalue weighted by molar-refractivity contribution is 5.93. The molecule has 1 fully saturated rings. The smallest absolute Gasteiger partial charge is 0.251 e. The molecular formula is C19H28N2O4. The highest BCUT2D eigenvalue weighted by Crippen LogP contribution is 2.14. The third kappa shape index (κ3) is 5.83. The van der Waals surface area contributed by atoms with E-state index < -0.39 is 6.10 Å². The highest BCUT2D eigenvalue weighted by Gasteiger charge is 2.21. The van der Waals surface area contributed by atoms with E-state index in [1.165, 1.54) is 0 Å². The summed E-state index contributed by atoms with van der Waals surface area (Å²) in [6, 6.07) is 7.23. The molecule has 6 heteroatoms. The molecule has 0 aliphatic carbocycles. The first-order chi connectivity index (χ1) is 12.0. The number of ether oxygens (including phenoxy) is 2. The molecule has 0 bridgehead atoms. The van der Waals surface area contributed by atoms with E-state index in [0.717, 1.165) is 31.4 Å². The molecule has 2 atom stereocenters. The number of hydrogen-bond donors (Lipinski definition) is 1. The lowest BCUT2D eigenvalue weighted by molar-refractivity contribution is -0.145. The molecule has 1 aliphatic rings. The van der Waals surface area contributed by atoms with Crippen molar-refractivity contribution in [3.05, 3.63) is 35.4 Å². The van der Waals surface area contributed by atoms with Crippen LogP contribution in [0, 0.1) is 0 Å². The summed E-state index contributed by atoms with van der Waals surface area (Å²) >= 11 is 0. The van der Waals surface area contributed by atoms with Crippen LogP contribution in [0.15, 0.2) is 24.3 Å². The fourth-order valence-electron chi connectivity index (χ4n) is 2.83. The average molecular weight is 348 g/mol. The molecule has 1 aromatic carbocycles. The van der Waals surface area contributed by atoms with Gasteiger partial charge < -0.3 is 19.7 Å². The molecule has 25 heavy (non-hydrogen) atoms. The fourth-order valence-corrected chi connectivity index (χ4v) is 2.83. The molecule has 0 aromatic heterocycles. The molecule has 1 aliphatic heterocycles. The molecule has 1 saturated heterocycles. The Kier molecular flexibility index (Phi) is 7.40. The third-order valence-electron chi connectivity index (χ3n) is 4.39. The Morgan fingerprint density at radius 1 is 1.32 bits per heavy atom. The van der Waals surface area contributed by atoms with Gasteiger partial charge >= 0.3 is 0 Å². The van der Waals surface area contributed by atoms with Crippen molar-refractivity contribution in [1.82, 2.24) is 10.2 Å². The van der Waals surface area contributed by atoms with Crippen molar-refractivity contribution in [2.45, 2.75) is 44.9 Å². The number of rotatable bonds is 7. The molecule has 1 aromatic rings. The maximum Gasteiger partial charge on any atom is 0.251 e. The summed E-state index contributed by atoms with van der Waals surface area (Å²) in [5.41, 5.74) is 1.57. The van der Waals surface area contributed by atoms with Crippen molar-refractivity contribution in [2.24, 2.45) is 0 Å². The molecule has 0 unspecified atom stereocenters. The Balaban J connectivity index is 1.81. The minimum atomic E-state index is -0.499. The fraction of sp³-hybridized carbons (Fsp3) is 0.579. The van der Waals surface area contributed by atoms with Crippen LogP contribution in [0.3, 0.4) is 0 Å². The summed E-state index contributed by atoms with van der Waals surface area (Å²) in [7, 11) is 3.36. The van der Waals surface area contributed by atoms with Crippen LogP contribution in [0.5, 0.6) is 0 Å². The average Bonchev–Trinajstić information content (AvgIpc) is 2.66. The van der Waals surface area contributed by atoms with Crippen LogP contribution >= 0.6 is 0 Å². The monoisotopic (exact) mass is 348 g/mol. The predicted octanol–water partition coefficient (Wildman–Crippen LogP) is 1.98. The van der Waals surface area contributed by atoms with Crippen molar-refractivity contribution in [2.75, 3.05) is 27.3 Å². The molecule has 0 saturated carbocycles. The Morgan fingerprint density at radius 3 is 2.64 bits per heavy atom. The largest absolute Gasteiger partial charge is 0.376 e. The van der Waals surface area contributed by atoms with Gasteiger partial charge in [0.25, 0.3) is 11.8 Å². The summed E-state index contributed by atoms with van der Waals surface area (Å²) in [6.07, 6.45) is 2.86.